The minimum absolute atomic E-state index is 0.00378. The van der Waals surface area contributed by atoms with E-state index in [4.69, 9.17) is 9.47 Å². The van der Waals surface area contributed by atoms with Gasteiger partial charge in [-0.05, 0) is 31.0 Å². The number of nitrogens with one attached hydrogen (secondary N) is 2. The molecule has 3 atom stereocenters. The highest BCUT2D eigenvalue weighted by atomic mass is 19.4. The summed E-state index contributed by atoms with van der Waals surface area (Å²) in [5.74, 6) is -9.01. The number of carbonyl (C=O) groups is 5. The molecule has 0 spiro atoms. The summed E-state index contributed by atoms with van der Waals surface area (Å²) >= 11 is 0. The van der Waals surface area contributed by atoms with E-state index in [1.54, 1.807) is 35.6 Å². The summed E-state index contributed by atoms with van der Waals surface area (Å²) < 4.78 is 79.7. The fourth-order valence-corrected chi connectivity index (χ4v) is 5.18. The first-order chi connectivity index (χ1) is 21.2. The van der Waals surface area contributed by atoms with Gasteiger partial charge in [0.15, 0.2) is 0 Å². The SMILES string of the molecule is CC(=O)Oc1cccc(C(=O)NC(Cc2ccccc2)[C@H](OC(C)=O)C(=O)N2CC(F)(F)C(C)(C)C2C(=O)NCC(F)(F)F)c1C. The Kier molecular flexibility index (Phi) is 10.8. The number of nitrogens with zero attached hydrogens (tertiary/aromatic N) is 1. The Morgan fingerprint density at radius 3 is 2.17 bits per heavy atom. The molecule has 15 heteroatoms. The molecule has 2 N–H and O–H groups in total. The summed E-state index contributed by atoms with van der Waals surface area (Å²) in [6.07, 6.45) is -7.05. The number of alkyl halides is 5. The third-order valence-electron chi connectivity index (χ3n) is 7.60. The van der Waals surface area contributed by atoms with Gasteiger partial charge in [-0.25, -0.2) is 8.78 Å². The molecule has 2 unspecified atom stereocenters. The average Bonchev–Trinajstić information content (AvgIpc) is 3.14. The Labute approximate surface area is 261 Å². The fraction of sp³-hybridized carbons (Fsp3) is 0.452. The molecule has 46 heavy (non-hydrogen) atoms. The molecule has 0 aromatic heterocycles. The first kappa shape index (κ1) is 35.9. The zero-order valence-corrected chi connectivity index (χ0v) is 25.7. The molecule has 1 saturated heterocycles. The van der Waals surface area contributed by atoms with E-state index in [9.17, 15) is 37.1 Å². The molecule has 0 radical (unpaired) electrons. The van der Waals surface area contributed by atoms with Crippen LogP contribution in [0.3, 0.4) is 0 Å². The van der Waals surface area contributed by atoms with E-state index in [1.165, 1.54) is 25.1 Å². The van der Waals surface area contributed by atoms with Crippen molar-refractivity contribution in [1.29, 1.82) is 0 Å². The summed E-state index contributed by atoms with van der Waals surface area (Å²) in [4.78, 5) is 64.8. The lowest BCUT2D eigenvalue weighted by atomic mass is 9.81. The van der Waals surface area contributed by atoms with E-state index in [2.05, 4.69) is 5.32 Å². The lowest BCUT2D eigenvalue weighted by Crippen LogP contribution is -2.59. The molecule has 1 aliphatic heterocycles. The maximum absolute atomic E-state index is 15.3. The Balaban J connectivity index is 2.07. The second-order valence-corrected chi connectivity index (χ2v) is 11.4. The molecule has 10 nitrogen and oxygen atoms in total. The molecule has 1 heterocycles. The number of amides is 3. The van der Waals surface area contributed by atoms with Crippen molar-refractivity contribution in [2.75, 3.05) is 13.1 Å². The molecule has 0 aliphatic carbocycles. The van der Waals surface area contributed by atoms with E-state index in [0.717, 1.165) is 27.7 Å². The molecular formula is C31H34F5N3O7. The molecule has 1 aliphatic rings. The molecule has 2 aromatic rings. The minimum Gasteiger partial charge on any atom is -0.450 e. The molecule has 250 valence electrons. The van der Waals surface area contributed by atoms with Crippen molar-refractivity contribution in [3.63, 3.8) is 0 Å². The summed E-state index contributed by atoms with van der Waals surface area (Å²) in [6.45, 7) is 2.24. The van der Waals surface area contributed by atoms with Gasteiger partial charge in [-0.2, -0.15) is 13.2 Å². The van der Waals surface area contributed by atoms with Crippen LogP contribution in [0.15, 0.2) is 48.5 Å². The maximum Gasteiger partial charge on any atom is 0.405 e. The van der Waals surface area contributed by atoms with Crippen molar-refractivity contribution in [3.05, 3.63) is 65.2 Å². The molecule has 3 rings (SSSR count). The van der Waals surface area contributed by atoms with Gasteiger partial charge >= 0.3 is 18.1 Å². The number of rotatable bonds is 10. The standard InChI is InChI=1S/C31H34F5N3O7/c1-17-21(12-9-13-23(17)45-18(2)40)26(42)38-22(14-20-10-7-6-8-11-20)24(46-19(3)41)28(44)39-16-30(32,33)29(4,5)25(39)27(43)37-15-31(34,35)36/h6-13,22,24-25H,14-16H2,1-5H3,(H,37,43)(H,38,42)/t22?,24-,25?/m0/s1. The molecule has 1 fully saturated rings. The van der Waals surface area contributed by atoms with Gasteiger partial charge < -0.3 is 25.0 Å². The van der Waals surface area contributed by atoms with E-state index in [-0.39, 0.29) is 23.3 Å². The molecule has 3 amide bonds. The number of benzene rings is 2. The number of carbonyl (C=O) groups excluding carboxylic acids is 5. The topological polar surface area (TPSA) is 131 Å². The monoisotopic (exact) mass is 655 g/mol. The second-order valence-electron chi connectivity index (χ2n) is 11.4. The van der Waals surface area contributed by atoms with Crippen LogP contribution in [-0.2, 0) is 30.3 Å². The summed E-state index contributed by atoms with van der Waals surface area (Å²) in [5, 5.41) is 4.17. The normalized spacial score (nSPS) is 18.2. The van der Waals surface area contributed by atoms with Gasteiger partial charge in [-0.3, -0.25) is 24.0 Å². The molecule has 0 saturated carbocycles. The van der Waals surface area contributed by atoms with Crippen LogP contribution in [0.5, 0.6) is 5.75 Å². The lowest BCUT2D eigenvalue weighted by Gasteiger charge is -2.35. The number of hydrogen-bond acceptors (Lipinski definition) is 7. The highest BCUT2D eigenvalue weighted by Gasteiger charge is 2.65. The van der Waals surface area contributed by atoms with Crippen molar-refractivity contribution >= 4 is 29.7 Å². The van der Waals surface area contributed by atoms with Crippen LogP contribution in [0.25, 0.3) is 0 Å². The van der Waals surface area contributed by atoms with Crippen LogP contribution >= 0.6 is 0 Å². The van der Waals surface area contributed by atoms with Crippen molar-refractivity contribution in [2.24, 2.45) is 5.41 Å². The van der Waals surface area contributed by atoms with Crippen LogP contribution in [0.2, 0.25) is 0 Å². The Morgan fingerprint density at radius 2 is 1.61 bits per heavy atom. The summed E-state index contributed by atoms with van der Waals surface area (Å²) in [6, 6.07) is 8.97. The third-order valence-corrected chi connectivity index (χ3v) is 7.60. The van der Waals surface area contributed by atoms with Crippen LogP contribution in [0.4, 0.5) is 22.0 Å². The Morgan fingerprint density at radius 1 is 0.978 bits per heavy atom. The van der Waals surface area contributed by atoms with E-state index in [1.807, 2.05) is 0 Å². The number of esters is 2. The highest BCUT2D eigenvalue weighted by Crippen LogP contribution is 2.48. The quantitative estimate of drug-likeness (QED) is 0.227. The van der Waals surface area contributed by atoms with Gasteiger partial charge in [-0.15, -0.1) is 0 Å². The van der Waals surface area contributed by atoms with Gasteiger partial charge in [0.05, 0.1) is 18.0 Å². The van der Waals surface area contributed by atoms with Crippen molar-refractivity contribution in [1.82, 2.24) is 15.5 Å². The first-order valence-corrected chi connectivity index (χ1v) is 14.1. The third kappa shape index (κ3) is 8.37. The van der Waals surface area contributed by atoms with Gasteiger partial charge in [0, 0.05) is 25.0 Å². The summed E-state index contributed by atoms with van der Waals surface area (Å²) in [5.41, 5.74) is -1.57. The van der Waals surface area contributed by atoms with E-state index >= 15 is 8.78 Å². The molecule has 0 bridgehead atoms. The van der Waals surface area contributed by atoms with Crippen LogP contribution in [-0.4, -0.2) is 77.9 Å². The van der Waals surface area contributed by atoms with Gasteiger partial charge in [0.1, 0.15) is 18.3 Å². The van der Waals surface area contributed by atoms with E-state index < -0.39 is 78.5 Å². The largest absolute Gasteiger partial charge is 0.450 e. The smallest absolute Gasteiger partial charge is 0.405 e. The maximum atomic E-state index is 15.3. The number of halogens is 5. The zero-order chi connectivity index (χ0) is 34.6. The zero-order valence-electron chi connectivity index (χ0n) is 25.7. The van der Waals surface area contributed by atoms with Crippen LogP contribution < -0.4 is 15.4 Å². The van der Waals surface area contributed by atoms with Gasteiger partial charge in [-0.1, -0.05) is 50.2 Å². The van der Waals surface area contributed by atoms with Crippen LogP contribution in [0, 0.1) is 12.3 Å². The van der Waals surface area contributed by atoms with Crippen molar-refractivity contribution < 1.29 is 55.4 Å². The van der Waals surface area contributed by atoms with E-state index in [0.29, 0.717) is 10.5 Å². The number of hydrogen-bond donors (Lipinski definition) is 2. The predicted molar refractivity (Wildman–Crippen MR) is 153 cm³/mol. The fourth-order valence-electron chi connectivity index (χ4n) is 5.18. The number of ether oxygens (including phenoxy) is 2. The molecular weight excluding hydrogens is 621 g/mol. The van der Waals surface area contributed by atoms with Gasteiger partial charge in [0.2, 0.25) is 12.0 Å². The van der Waals surface area contributed by atoms with Crippen molar-refractivity contribution in [2.45, 2.75) is 71.3 Å². The average molecular weight is 656 g/mol. The Hall–Kier alpha value is -4.56. The van der Waals surface area contributed by atoms with Crippen LogP contribution in [0.1, 0.15) is 49.2 Å². The highest BCUT2D eigenvalue weighted by molar-refractivity contribution is 5.98. The number of likely N-dealkylation sites (tertiary alicyclic amines) is 1. The summed E-state index contributed by atoms with van der Waals surface area (Å²) in [7, 11) is 0. The minimum atomic E-state index is -4.87. The Bertz CT molecular complexity index is 1480. The van der Waals surface area contributed by atoms with Crippen molar-refractivity contribution in [3.8, 4) is 5.75 Å². The van der Waals surface area contributed by atoms with Gasteiger partial charge in [0.25, 0.3) is 17.7 Å². The first-order valence-electron chi connectivity index (χ1n) is 14.1. The molecule has 2 aromatic carbocycles. The predicted octanol–water partition coefficient (Wildman–Crippen LogP) is 3.74. The second kappa shape index (κ2) is 13.8. The lowest BCUT2D eigenvalue weighted by molar-refractivity contribution is -0.163.